The lowest BCUT2D eigenvalue weighted by molar-refractivity contribution is -0.383. The Morgan fingerprint density at radius 2 is 1.74 bits per heavy atom. The summed E-state index contributed by atoms with van der Waals surface area (Å²) >= 11 is 12.1. The van der Waals surface area contributed by atoms with Crippen LogP contribution in [0.3, 0.4) is 0 Å². The number of hydrogen-bond donors (Lipinski definition) is 4. The van der Waals surface area contributed by atoms with E-state index in [-0.39, 0.29) is 38.5 Å². The number of carbonyl (C=O) groups is 1. The molecule has 0 saturated carbocycles. The zero-order chi connectivity index (χ0) is 36.7. The zero-order valence-electron chi connectivity index (χ0n) is 26.6. The van der Waals surface area contributed by atoms with Crippen molar-refractivity contribution >= 4 is 73.1 Å². The van der Waals surface area contributed by atoms with Gasteiger partial charge in [0.2, 0.25) is 0 Å². The smallest absolute Gasteiger partial charge is 0.326 e. The van der Waals surface area contributed by atoms with Crippen molar-refractivity contribution in [2.24, 2.45) is 0 Å². The largest absolute Gasteiger partial charge is 0.480 e. The van der Waals surface area contributed by atoms with Crippen LogP contribution in [-0.4, -0.2) is 56.7 Å². The number of para-hydroxylation sites is 2. The van der Waals surface area contributed by atoms with Gasteiger partial charge in [-0.25, -0.2) is 33.1 Å². The average Bonchev–Trinajstić information content (AvgIpc) is 3.06. The Morgan fingerprint density at radius 1 is 1.06 bits per heavy atom. The summed E-state index contributed by atoms with van der Waals surface area (Å²) in [6, 6.07) is 16.7. The second-order valence-corrected chi connectivity index (χ2v) is 13.4. The number of aromatic nitrogens is 4. The lowest BCUT2D eigenvalue weighted by Gasteiger charge is -2.20. The van der Waals surface area contributed by atoms with Crippen molar-refractivity contribution in [2.75, 3.05) is 22.6 Å². The summed E-state index contributed by atoms with van der Waals surface area (Å²) in [6.45, 7) is 3.47. The molecule has 0 aliphatic heterocycles. The Labute approximate surface area is 296 Å². The van der Waals surface area contributed by atoms with Crippen LogP contribution in [0, 0.1) is 21.4 Å². The van der Waals surface area contributed by atoms with Gasteiger partial charge in [0.15, 0.2) is 9.84 Å². The molecule has 0 aliphatic rings. The van der Waals surface area contributed by atoms with Gasteiger partial charge in [-0.05, 0) is 43.7 Å². The Bertz CT molecular complexity index is 2250. The molecule has 1 unspecified atom stereocenters. The van der Waals surface area contributed by atoms with Crippen LogP contribution in [0.25, 0.3) is 22.3 Å². The Hall–Kier alpha value is -5.63. The molecule has 3 aromatic carbocycles. The molecule has 2 aromatic heterocycles. The molecule has 0 radical (unpaired) electrons. The number of hydrogen-bond acceptors (Lipinski definition) is 13. The van der Waals surface area contributed by atoms with Gasteiger partial charge in [-0.3, -0.25) is 10.1 Å². The second kappa shape index (κ2) is 15.7. The molecule has 5 rings (SSSR count). The van der Waals surface area contributed by atoms with Crippen molar-refractivity contribution in [3.63, 3.8) is 0 Å². The maximum atomic E-state index is 12.5. The number of nitrogens with two attached hydrogens (primary N) is 1. The van der Waals surface area contributed by atoms with Crippen LogP contribution >= 0.6 is 23.2 Å². The number of halogens is 2. The lowest BCUT2D eigenvalue weighted by atomic mass is 10.0. The molecule has 5 N–H and O–H groups in total. The van der Waals surface area contributed by atoms with E-state index in [1.807, 2.05) is 6.07 Å². The molecule has 2 atom stereocenters. The van der Waals surface area contributed by atoms with Gasteiger partial charge < -0.3 is 21.5 Å². The normalized spacial score (nSPS) is 12.2. The number of carboxylic acids is 1. The summed E-state index contributed by atoms with van der Waals surface area (Å²) in [6.07, 6.45) is 2.69. The molecule has 0 amide bonds. The molecule has 15 nitrogen and oxygen atoms in total. The van der Waals surface area contributed by atoms with Crippen LogP contribution in [0.15, 0.2) is 71.9 Å². The first-order valence-corrected chi connectivity index (χ1v) is 17.3. The van der Waals surface area contributed by atoms with Gasteiger partial charge in [0, 0.05) is 11.8 Å². The van der Waals surface area contributed by atoms with Crippen molar-refractivity contribution in [3.05, 3.63) is 98.4 Å². The number of aliphatic carboxylic acids is 1. The summed E-state index contributed by atoms with van der Waals surface area (Å²) in [4.78, 5) is 38.6. The first kappa shape index (κ1) is 37.2. The van der Waals surface area contributed by atoms with Gasteiger partial charge in [-0.2, -0.15) is 5.26 Å². The predicted molar refractivity (Wildman–Crippen MR) is 190 cm³/mol. The van der Waals surface area contributed by atoms with Crippen LogP contribution in [-0.2, 0) is 14.6 Å². The van der Waals surface area contributed by atoms with E-state index in [0.29, 0.717) is 39.4 Å². The van der Waals surface area contributed by atoms with Crippen molar-refractivity contribution in [1.29, 1.82) is 5.26 Å². The molecule has 5 aromatic rings. The summed E-state index contributed by atoms with van der Waals surface area (Å²) in [5, 5.41) is 35.2. The first-order valence-electron chi connectivity index (χ1n) is 14.6. The maximum Gasteiger partial charge on any atom is 0.326 e. The molecule has 0 spiro atoms. The second-order valence-electron chi connectivity index (χ2n) is 10.6. The van der Waals surface area contributed by atoms with E-state index >= 15 is 0 Å². The molecule has 0 fully saturated rings. The minimum absolute atomic E-state index is 0.0276. The van der Waals surface area contributed by atoms with E-state index in [2.05, 4.69) is 20.6 Å². The van der Waals surface area contributed by atoms with Crippen molar-refractivity contribution in [3.8, 4) is 17.3 Å². The number of nitrogen functional groups attached to an aromatic ring is 1. The number of nitrogens with one attached hydrogen (secondary N) is 2. The molecule has 2 heterocycles. The third kappa shape index (κ3) is 8.32. The fourth-order valence-corrected chi connectivity index (χ4v) is 6.12. The van der Waals surface area contributed by atoms with E-state index in [4.69, 9.17) is 44.0 Å². The molecule has 18 heteroatoms. The van der Waals surface area contributed by atoms with Crippen LogP contribution < -0.4 is 16.4 Å². The van der Waals surface area contributed by atoms with Gasteiger partial charge >= 0.3 is 11.7 Å². The molecule has 258 valence electrons. The zero-order valence-corrected chi connectivity index (χ0v) is 29.0. The summed E-state index contributed by atoms with van der Waals surface area (Å²) in [5.41, 5.74) is 7.86. The minimum atomic E-state index is -3.56. The molecule has 0 bridgehead atoms. The molecular formula is C32H29Cl2N9O6S. The fraction of sp³-hybridized carbons (Fsp3) is 0.188. The summed E-state index contributed by atoms with van der Waals surface area (Å²) in [7, 11) is -3.56. The highest BCUT2D eigenvalue weighted by Crippen LogP contribution is 2.35. The Kier molecular flexibility index (Phi) is 11.7. The third-order valence-corrected chi connectivity index (χ3v) is 8.94. The first-order chi connectivity index (χ1) is 23.7. The van der Waals surface area contributed by atoms with E-state index in [9.17, 15) is 28.6 Å². The number of fused-ring (bicyclic) bond motifs is 1. The number of benzene rings is 3. The highest BCUT2D eigenvalue weighted by atomic mass is 35.5. The summed E-state index contributed by atoms with van der Waals surface area (Å²) in [5.74, 6) is -0.796. The number of nitro groups is 1. The maximum absolute atomic E-state index is 12.5. The van der Waals surface area contributed by atoms with Gasteiger partial charge in [0.25, 0.3) is 0 Å². The quantitative estimate of drug-likeness (QED) is 0.0909. The SMILES string of the molecule is CCC(Nc1cccc(Cl)c1[N+](=O)[O-])C(=O)O.C[C@H](Nc1ncnc(N)c1C#N)c1nc2cccc(Cl)c2nc1-c1ccccc1S(C)(=O)=O. The van der Waals surface area contributed by atoms with Crippen LogP contribution in [0.2, 0.25) is 10.0 Å². The minimum Gasteiger partial charge on any atom is -0.480 e. The van der Waals surface area contributed by atoms with Crippen LogP contribution in [0.1, 0.15) is 37.6 Å². The van der Waals surface area contributed by atoms with Crippen molar-refractivity contribution < 1.29 is 23.2 Å². The monoisotopic (exact) mass is 737 g/mol. The highest BCUT2D eigenvalue weighted by Gasteiger charge is 2.25. The van der Waals surface area contributed by atoms with Crippen molar-refractivity contribution in [2.45, 2.75) is 37.2 Å². The van der Waals surface area contributed by atoms with Crippen LogP contribution in [0.5, 0.6) is 0 Å². The third-order valence-electron chi connectivity index (χ3n) is 7.17. The van der Waals surface area contributed by atoms with E-state index in [1.54, 1.807) is 50.2 Å². The van der Waals surface area contributed by atoms with Gasteiger partial charge in [0.05, 0.1) is 37.8 Å². The molecule has 0 saturated heterocycles. The number of rotatable bonds is 10. The number of sulfone groups is 1. The molecular weight excluding hydrogens is 709 g/mol. The average molecular weight is 739 g/mol. The highest BCUT2D eigenvalue weighted by molar-refractivity contribution is 7.90. The number of nitrogens with zero attached hydrogens (tertiary/aromatic N) is 6. The number of carboxylic acid groups (broad SMARTS) is 1. The van der Waals surface area contributed by atoms with E-state index in [0.717, 1.165) is 6.26 Å². The molecule has 50 heavy (non-hydrogen) atoms. The van der Waals surface area contributed by atoms with Crippen LogP contribution in [0.4, 0.5) is 23.0 Å². The van der Waals surface area contributed by atoms with Gasteiger partial charge in [-0.1, -0.05) is 60.5 Å². The number of anilines is 3. The van der Waals surface area contributed by atoms with Gasteiger partial charge in [0.1, 0.15) is 51.9 Å². The van der Waals surface area contributed by atoms with E-state index < -0.39 is 32.8 Å². The Balaban J connectivity index is 0.000000279. The topological polar surface area (TPSA) is 240 Å². The Morgan fingerprint density at radius 3 is 2.38 bits per heavy atom. The van der Waals surface area contributed by atoms with Crippen molar-refractivity contribution in [1.82, 2.24) is 19.9 Å². The number of nitriles is 1. The van der Waals surface area contributed by atoms with Gasteiger partial charge in [-0.15, -0.1) is 0 Å². The predicted octanol–water partition coefficient (Wildman–Crippen LogP) is 6.29. The van der Waals surface area contributed by atoms with E-state index in [1.165, 1.54) is 30.6 Å². The molecule has 0 aliphatic carbocycles. The summed E-state index contributed by atoms with van der Waals surface area (Å²) < 4.78 is 25.0. The fourth-order valence-electron chi connectivity index (χ4n) is 4.78. The number of nitro benzene ring substituents is 1. The standard InChI is InChI=1S/C22H18ClN7O2S.C10H11ClN2O4/c1-12(28-22-14(10-24)21(25)26-11-27-22)18-19(13-6-3-4-9-17(13)33(2,31)32)30-20-15(23)7-5-8-16(20)29-18;1-2-7(10(14)15)12-8-5-3-4-6(11)9(8)13(16)17/h3-9,11-12H,1-2H3,(H3,25,26,27,28);3-5,7,12H,2H2,1H3,(H,14,15)/t12-;/m0./s1. The lowest BCUT2D eigenvalue weighted by Crippen LogP contribution is -2.28.